The van der Waals surface area contributed by atoms with Gasteiger partial charge in [0.2, 0.25) is 53.2 Å². The third-order valence-corrected chi connectivity index (χ3v) is 18.5. The molecule has 3 aliphatic heterocycles. The first-order chi connectivity index (χ1) is 43.7. The molecule has 0 spiro atoms. The summed E-state index contributed by atoms with van der Waals surface area (Å²) < 4.78 is 26.4. The Morgan fingerprint density at radius 3 is 2.14 bits per heavy atom. The predicted octanol–water partition coefficient (Wildman–Crippen LogP) is 4.13. The molecule has 0 saturated carbocycles. The zero-order valence-corrected chi connectivity index (χ0v) is 53.7. The van der Waals surface area contributed by atoms with Crippen molar-refractivity contribution < 1.29 is 62.1 Å². The molecular formula is C66H83FN10O12S2. The van der Waals surface area contributed by atoms with Gasteiger partial charge in [-0.1, -0.05) is 48.5 Å². The summed E-state index contributed by atoms with van der Waals surface area (Å²) in [5.41, 5.74) is 3.00. The Labute approximate surface area is 537 Å². The number of carbonyl (C=O) groups is 9. The number of aromatic amines is 1. The topological polar surface area (TPSA) is 299 Å². The molecule has 0 unspecified atom stereocenters. The van der Waals surface area contributed by atoms with Crippen molar-refractivity contribution in [3.63, 3.8) is 0 Å². The molecule has 3 aliphatic rings. The number of halogens is 1. The molecule has 6 bridgehead atoms. The molecule has 1 fully saturated rings. The lowest BCUT2D eigenvalue weighted by Crippen LogP contribution is -2.62. The second-order valence-corrected chi connectivity index (χ2v) is 25.8. The molecule has 4 aromatic carbocycles. The Morgan fingerprint density at radius 2 is 1.40 bits per heavy atom. The van der Waals surface area contributed by atoms with E-state index in [1.807, 2.05) is 18.2 Å². The van der Waals surface area contributed by atoms with Gasteiger partial charge in [0.05, 0.1) is 26.4 Å². The number of thioether (sulfide) groups is 2. The number of nitrogens with one attached hydrogen (secondary N) is 8. The quantitative estimate of drug-likeness (QED) is 0.116. The predicted molar refractivity (Wildman–Crippen MR) is 345 cm³/mol. The number of nitrogens with zero attached hydrogens (tertiary/aromatic N) is 2. The average Bonchev–Trinajstić information content (AvgIpc) is 1.75. The number of aliphatic hydroxyl groups is 1. The molecule has 488 valence electrons. The number of methoxy groups -OCH3 is 1. The second-order valence-electron chi connectivity index (χ2n) is 23.6. The molecule has 22 nitrogen and oxygen atoms in total. The maximum absolute atomic E-state index is 15.4. The van der Waals surface area contributed by atoms with Crippen molar-refractivity contribution in [1.29, 1.82) is 0 Å². The van der Waals surface area contributed by atoms with E-state index >= 15 is 9.59 Å². The van der Waals surface area contributed by atoms with Crippen LogP contribution in [0.5, 0.6) is 11.5 Å². The summed E-state index contributed by atoms with van der Waals surface area (Å²) in [7, 11) is 1.51. The van der Waals surface area contributed by atoms with Crippen LogP contribution in [0.15, 0.2) is 97.2 Å². The fraction of sp³-hybridized carbons (Fsp3) is 0.470. The highest BCUT2D eigenvalue weighted by Gasteiger charge is 2.48. The number of hydrogen-bond donors (Lipinski definition) is 9. The molecule has 1 saturated heterocycles. The van der Waals surface area contributed by atoms with Crippen molar-refractivity contribution in [2.45, 2.75) is 145 Å². The number of hydrogen-bond acceptors (Lipinski definition) is 14. The SMILES string of the molecule is COc1ccc(C[C@@H]2NC(=O)[C@H]([C@@H](C)O)NC(=O)CN3CCCCCOc4cccc(c4)C[C@@H](NC(=O)[C@@H](C)NC(=O)[C@H](C)NC(=O)CCSCc4cccc(c4)CSCCNC(=O)[C@]4(C)CCCN4C2=O)C(=O)N[C@@H](Cc2c[nH]c4ccc(F)cc24)C3=O)cc1. The largest absolute Gasteiger partial charge is 0.497 e. The molecule has 1 aromatic heterocycles. The first-order valence-electron chi connectivity index (χ1n) is 30.9. The molecule has 0 aliphatic carbocycles. The average molecular weight is 1290 g/mol. The van der Waals surface area contributed by atoms with E-state index in [0.717, 1.165) is 11.1 Å². The molecule has 8 atom stereocenters. The van der Waals surface area contributed by atoms with Crippen molar-refractivity contribution in [3.05, 3.63) is 131 Å². The molecule has 4 heterocycles. The maximum Gasteiger partial charge on any atom is 0.246 e. The smallest absolute Gasteiger partial charge is 0.246 e. The van der Waals surface area contributed by atoms with Crippen LogP contribution < -0.4 is 46.7 Å². The van der Waals surface area contributed by atoms with Gasteiger partial charge in [-0.3, -0.25) is 43.2 Å². The summed E-state index contributed by atoms with van der Waals surface area (Å²) in [5.74, 6) is -3.32. The van der Waals surface area contributed by atoms with E-state index in [9.17, 15) is 43.1 Å². The highest BCUT2D eigenvalue weighted by atomic mass is 32.2. The second kappa shape index (κ2) is 32.7. The van der Waals surface area contributed by atoms with E-state index in [4.69, 9.17) is 9.47 Å². The fourth-order valence-electron chi connectivity index (χ4n) is 11.3. The Kier molecular flexibility index (Phi) is 24.7. The van der Waals surface area contributed by atoms with Gasteiger partial charge in [-0.2, -0.15) is 23.5 Å². The van der Waals surface area contributed by atoms with Gasteiger partial charge >= 0.3 is 0 Å². The van der Waals surface area contributed by atoms with Crippen LogP contribution in [0.3, 0.4) is 0 Å². The van der Waals surface area contributed by atoms with Crippen LogP contribution in [-0.2, 0) is 73.9 Å². The molecule has 0 radical (unpaired) electrons. The summed E-state index contributed by atoms with van der Waals surface area (Å²) in [6, 6.07) is 17.9. The van der Waals surface area contributed by atoms with Crippen molar-refractivity contribution >= 4 is 87.6 Å². The van der Waals surface area contributed by atoms with E-state index in [2.05, 4.69) is 48.3 Å². The lowest BCUT2D eigenvalue weighted by molar-refractivity contribution is -0.147. The van der Waals surface area contributed by atoms with Crippen LogP contribution in [0, 0.1) is 5.82 Å². The Balaban J connectivity index is 1.11. The Hall–Kier alpha value is -8.16. The first kappa shape index (κ1) is 68.7. The van der Waals surface area contributed by atoms with Crippen LogP contribution in [-0.4, -0.2) is 172 Å². The highest BCUT2D eigenvalue weighted by Crippen LogP contribution is 2.31. The van der Waals surface area contributed by atoms with Gasteiger partial charge in [0.25, 0.3) is 0 Å². The normalized spacial score (nSPS) is 24.6. The molecular weight excluding hydrogens is 1210 g/mol. The number of aromatic nitrogens is 1. The summed E-state index contributed by atoms with van der Waals surface area (Å²) in [4.78, 5) is 135. The third kappa shape index (κ3) is 19.2. The van der Waals surface area contributed by atoms with Crippen LogP contribution in [0.4, 0.5) is 4.39 Å². The minimum absolute atomic E-state index is 0.0499. The molecule has 9 amide bonds. The molecule has 9 N–H and O–H groups in total. The minimum Gasteiger partial charge on any atom is -0.497 e. The Bertz CT molecular complexity index is 3410. The van der Waals surface area contributed by atoms with Gasteiger partial charge in [0.15, 0.2) is 0 Å². The van der Waals surface area contributed by atoms with Crippen molar-refractivity contribution in [3.8, 4) is 11.5 Å². The minimum atomic E-state index is -1.68. The van der Waals surface area contributed by atoms with E-state index < -0.39 is 102 Å². The summed E-state index contributed by atoms with van der Waals surface area (Å²) in [5, 5.41) is 31.1. The Morgan fingerprint density at radius 1 is 0.703 bits per heavy atom. The van der Waals surface area contributed by atoms with Crippen molar-refractivity contribution in [2.24, 2.45) is 0 Å². The lowest BCUT2D eigenvalue weighted by Gasteiger charge is -2.37. The third-order valence-electron chi connectivity index (χ3n) is 16.5. The zero-order valence-electron chi connectivity index (χ0n) is 52.0. The molecule has 5 aromatic rings. The van der Waals surface area contributed by atoms with Gasteiger partial charge in [-0.15, -0.1) is 0 Å². The van der Waals surface area contributed by atoms with Crippen LogP contribution >= 0.6 is 23.5 Å². The van der Waals surface area contributed by atoms with Gasteiger partial charge in [-0.05, 0) is 130 Å². The monoisotopic (exact) mass is 1290 g/mol. The van der Waals surface area contributed by atoms with Gasteiger partial charge in [0.1, 0.15) is 59.1 Å². The number of rotatable bonds is 6. The molecule has 8 rings (SSSR count). The maximum atomic E-state index is 15.4. The van der Waals surface area contributed by atoms with E-state index in [0.29, 0.717) is 101 Å². The van der Waals surface area contributed by atoms with Crippen LogP contribution in [0.2, 0.25) is 0 Å². The highest BCUT2D eigenvalue weighted by molar-refractivity contribution is 7.98. The van der Waals surface area contributed by atoms with Gasteiger partial charge in [0, 0.05) is 85.4 Å². The number of carbonyl (C=O) groups excluding carboxylic acids is 9. The fourth-order valence-corrected chi connectivity index (χ4v) is 13.0. The number of ether oxygens (including phenoxy) is 2. The number of aliphatic hydroxyl groups excluding tert-OH is 1. The number of fused-ring (bicyclic) bond motifs is 11. The summed E-state index contributed by atoms with van der Waals surface area (Å²) >= 11 is 3.18. The van der Waals surface area contributed by atoms with Gasteiger partial charge in [-0.25, -0.2) is 4.39 Å². The molecule has 25 heteroatoms. The van der Waals surface area contributed by atoms with Crippen molar-refractivity contribution in [2.75, 3.05) is 51.4 Å². The zero-order chi connectivity index (χ0) is 65.2. The number of amides is 9. The first-order valence-corrected chi connectivity index (χ1v) is 33.2. The standard InChI is InChI=1S/C66H83FN10O12S2/c1-40-59(81)71-41(2)60(82)72-53-33-44-12-10-15-50(31-44)89-27-8-6-7-25-76(63(85)55(73-61(53)83)34-47-36-69-52-21-18-48(67)35-51(47)52)37-57(80)75-58(42(3)78)62(84)74-54(32-43-16-19-49(88-5)20-17-43)64(86)77-26-11-23-66(77,4)65(87)68-24-29-91-39-46-14-9-13-45(30-46)38-90-28-22-56(79)70-40/h9-10,12-21,30-31,35-36,40-42,53-55,58,69,78H,6-8,11,22-29,32-34,37-39H2,1-5H3,(H,68,87)(H,70,79)(H,71,81)(H,72,82)(H,73,83)(H,74,84)(H,75,80)/t40-,41+,42+,53+,54-,55-,58-,66-/m0/s1. The van der Waals surface area contributed by atoms with Crippen LogP contribution in [0.25, 0.3) is 10.9 Å². The molecule has 91 heavy (non-hydrogen) atoms. The number of benzene rings is 4. The van der Waals surface area contributed by atoms with E-state index in [-0.39, 0.29) is 57.2 Å². The summed E-state index contributed by atoms with van der Waals surface area (Å²) in [6.07, 6.45) is 1.95. The van der Waals surface area contributed by atoms with Gasteiger partial charge < -0.3 is 66.6 Å². The van der Waals surface area contributed by atoms with E-state index in [1.54, 1.807) is 85.2 Å². The van der Waals surface area contributed by atoms with Crippen molar-refractivity contribution in [1.82, 2.24) is 52.0 Å². The van der Waals surface area contributed by atoms with Crippen LogP contribution in [0.1, 0.15) is 94.0 Å². The summed E-state index contributed by atoms with van der Waals surface area (Å²) in [6.45, 7) is 5.94. The number of H-pyrrole nitrogens is 1. The lowest BCUT2D eigenvalue weighted by atomic mass is 9.95. The van der Waals surface area contributed by atoms with E-state index in [1.165, 1.54) is 55.9 Å².